The third-order valence-electron chi connectivity index (χ3n) is 4.42. The van der Waals surface area contributed by atoms with Gasteiger partial charge >= 0.3 is 5.69 Å². The molecule has 1 aromatic rings. The lowest BCUT2D eigenvalue weighted by atomic mass is 9.77. The van der Waals surface area contributed by atoms with Gasteiger partial charge in [0.2, 0.25) is 0 Å². The van der Waals surface area contributed by atoms with Gasteiger partial charge < -0.3 is 10.1 Å². The largest absolute Gasteiger partial charge is 0.490 e. The summed E-state index contributed by atoms with van der Waals surface area (Å²) >= 11 is 0. The number of nitrogens with zero attached hydrogens (tertiary/aromatic N) is 1. The van der Waals surface area contributed by atoms with E-state index in [-0.39, 0.29) is 10.6 Å². The number of benzene rings is 1. The van der Waals surface area contributed by atoms with Crippen LogP contribution < -0.4 is 10.1 Å². The first-order valence-electron chi connectivity index (χ1n) is 7.62. The van der Waals surface area contributed by atoms with Crippen molar-refractivity contribution in [3.63, 3.8) is 0 Å². The Balaban J connectivity index is 2.27. The molecule has 0 radical (unpaired) electrons. The van der Waals surface area contributed by atoms with E-state index in [0.717, 1.165) is 6.42 Å². The van der Waals surface area contributed by atoms with Gasteiger partial charge in [-0.1, -0.05) is 32.8 Å². The van der Waals surface area contributed by atoms with Crippen molar-refractivity contribution in [2.75, 3.05) is 12.4 Å². The van der Waals surface area contributed by atoms with Gasteiger partial charge in [-0.3, -0.25) is 10.1 Å². The van der Waals surface area contributed by atoms with Gasteiger partial charge in [-0.15, -0.1) is 0 Å². The molecule has 0 amide bonds. The van der Waals surface area contributed by atoms with Crippen LogP contribution in [0.1, 0.15) is 39.5 Å². The molecule has 1 fully saturated rings. The highest BCUT2D eigenvalue weighted by Gasteiger charge is 2.30. The van der Waals surface area contributed by atoms with E-state index in [4.69, 9.17) is 4.74 Å². The van der Waals surface area contributed by atoms with E-state index in [1.54, 1.807) is 18.2 Å². The van der Waals surface area contributed by atoms with Crippen LogP contribution in [0.15, 0.2) is 18.2 Å². The van der Waals surface area contributed by atoms with E-state index in [0.29, 0.717) is 29.3 Å². The zero-order valence-corrected chi connectivity index (χ0v) is 13.0. The molecule has 0 aromatic heterocycles. The highest BCUT2D eigenvalue weighted by Crippen LogP contribution is 2.38. The Morgan fingerprint density at radius 3 is 2.67 bits per heavy atom. The van der Waals surface area contributed by atoms with Crippen LogP contribution in [0, 0.1) is 22.0 Å². The molecule has 21 heavy (non-hydrogen) atoms. The van der Waals surface area contributed by atoms with Crippen molar-refractivity contribution in [1.82, 2.24) is 0 Å². The maximum Gasteiger partial charge on any atom is 0.333 e. The zero-order valence-electron chi connectivity index (χ0n) is 13.0. The normalized spacial score (nSPS) is 22.1. The first kappa shape index (κ1) is 15.6. The first-order valence-corrected chi connectivity index (χ1v) is 7.62. The summed E-state index contributed by atoms with van der Waals surface area (Å²) in [4.78, 5) is 11.0. The Labute approximate surface area is 125 Å². The fourth-order valence-electron chi connectivity index (χ4n) is 3.33. The van der Waals surface area contributed by atoms with Crippen LogP contribution in [-0.2, 0) is 0 Å². The Bertz CT molecular complexity index is 502. The quantitative estimate of drug-likeness (QED) is 0.651. The molecule has 5 nitrogen and oxygen atoms in total. The van der Waals surface area contributed by atoms with Crippen molar-refractivity contribution in [3.05, 3.63) is 28.3 Å². The average molecular weight is 292 g/mol. The van der Waals surface area contributed by atoms with E-state index in [9.17, 15) is 10.1 Å². The summed E-state index contributed by atoms with van der Waals surface area (Å²) in [6, 6.07) is 5.49. The lowest BCUT2D eigenvalue weighted by Crippen LogP contribution is -2.35. The molecular weight excluding hydrogens is 268 g/mol. The number of hydrogen-bond acceptors (Lipinski definition) is 4. The molecule has 5 heteroatoms. The standard InChI is InChI=1S/C16H24N2O3/c1-11(2)12-7-4-5-8-13(12)17-14-9-6-10-15(21-3)16(14)18(19)20/h6,9-13,17H,4-5,7-8H2,1-3H3. The highest BCUT2D eigenvalue weighted by atomic mass is 16.6. The summed E-state index contributed by atoms with van der Waals surface area (Å²) in [5.41, 5.74) is 0.602. The molecule has 2 atom stereocenters. The molecule has 1 saturated carbocycles. The monoisotopic (exact) mass is 292 g/mol. The maximum absolute atomic E-state index is 11.3. The predicted octanol–water partition coefficient (Wildman–Crippen LogP) is 4.23. The average Bonchev–Trinajstić information content (AvgIpc) is 2.47. The minimum Gasteiger partial charge on any atom is -0.490 e. The molecule has 2 unspecified atom stereocenters. The highest BCUT2D eigenvalue weighted by molar-refractivity contribution is 5.68. The predicted molar refractivity (Wildman–Crippen MR) is 83.9 cm³/mol. The van der Waals surface area contributed by atoms with Crippen LogP contribution in [0.3, 0.4) is 0 Å². The summed E-state index contributed by atoms with van der Waals surface area (Å²) < 4.78 is 5.13. The molecule has 1 aliphatic carbocycles. The second-order valence-electron chi connectivity index (χ2n) is 6.06. The molecule has 2 rings (SSSR count). The third kappa shape index (κ3) is 3.46. The van der Waals surface area contributed by atoms with E-state index in [2.05, 4.69) is 19.2 Å². The van der Waals surface area contributed by atoms with Crippen molar-refractivity contribution in [2.24, 2.45) is 11.8 Å². The Morgan fingerprint density at radius 1 is 1.33 bits per heavy atom. The summed E-state index contributed by atoms with van der Waals surface area (Å²) in [7, 11) is 1.46. The van der Waals surface area contributed by atoms with Gasteiger partial charge in [-0.2, -0.15) is 0 Å². The maximum atomic E-state index is 11.3. The number of anilines is 1. The zero-order chi connectivity index (χ0) is 15.4. The number of nitro benzene ring substituents is 1. The molecular formula is C16H24N2O3. The molecule has 1 aliphatic rings. The first-order chi connectivity index (χ1) is 10.0. The fourth-order valence-corrected chi connectivity index (χ4v) is 3.33. The van der Waals surface area contributed by atoms with Gasteiger partial charge in [-0.25, -0.2) is 0 Å². The molecule has 0 aliphatic heterocycles. The molecule has 1 aromatic carbocycles. The molecule has 0 bridgehead atoms. The number of rotatable bonds is 5. The van der Waals surface area contributed by atoms with Crippen LogP contribution in [0.2, 0.25) is 0 Å². The van der Waals surface area contributed by atoms with Crippen LogP contribution in [0.5, 0.6) is 5.75 Å². The number of methoxy groups -OCH3 is 1. The van der Waals surface area contributed by atoms with Crippen LogP contribution in [0.4, 0.5) is 11.4 Å². The molecule has 1 N–H and O–H groups in total. The second kappa shape index (κ2) is 6.78. The molecule has 0 spiro atoms. The summed E-state index contributed by atoms with van der Waals surface area (Å²) in [6.45, 7) is 4.45. The number of nitro groups is 1. The molecule has 0 saturated heterocycles. The number of hydrogen-bond donors (Lipinski definition) is 1. The lowest BCUT2D eigenvalue weighted by Gasteiger charge is -2.35. The van der Waals surface area contributed by atoms with Gasteiger partial charge in [0.1, 0.15) is 5.69 Å². The van der Waals surface area contributed by atoms with Gasteiger partial charge in [0.25, 0.3) is 0 Å². The van der Waals surface area contributed by atoms with Crippen molar-refractivity contribution >= 4 is 11.4 Å². The summed E-state index contributed by atoms with van der Waals surface area (Å²) in [5.74, 6) is 1.44. The van der Waals surface area contributed by atoms with E-state index in [1.807, 2.05) is 0 Å². The van der Waals surface area contributed by atoms with Crippen LogP contribution >= 0.6 is 0 Å². The minimum atomic E-state index is -0.367. The number of ether oxygens (including phenoxy) is 1. The Morgan fingerprint density at radius 2 is 2.05 bits per heavy atom. The summed E-state index contributed by atoms with van der Waals surface area (Å²) in [6.07, 6.45) is 4.68. The van der Waals surface area contributed by atoms with Crippen molar-refractivity contribution < 1.29 is 9.66 Å². The Hall–Kier alpha value is -1.78. The number of para-hydroxylation sites is 1. The van der Waals surface area contributed by atoms with Crippen LogP contribution in [0.25, 0.3) is 0 Å². The lowest BCUT2D eigenvalue weighted by molar-refractivity contribution is -0.384. The van der Waals surface area contributed by atoms with E-state index < -0.39 is 0 Å². The van der Waals surface area contributed by atoms with Gasteiger partial charge in [0, 0.05) is 6.04 Å². The molecule has 0 heterocycles. The molecule has 116 valence electrons. The SMILES string of the molecule is COc1cccc(NC2CCCCC2C(C)C)c1[N+](=O)[O-]. The topological polar surface area (TPSA) is 64.4 Å². The van der Waals surface area contributed by atoms with Crippen molar-refractivity contribution in [3.8, 4) is 5.75 Å². The van der Waals surface area contributed by atoms with Crippen molar-refractivity contribution in [1.29, 1.82) is 0 Å². The fraction of sp³-hybridized carbons (Fsp3) is 0.625. The van der Waals surface area contributed by atoms with Gasteiger partial charge in [0.05, 0.1) is 12.0 Å². The smallest absolute Gasteiger partial charge is 0.333 e. The van der Waals surface area contributed by atoms with E-state index >= 15 is 0 Å². The van der Waals surface area contributed by atoms with Crippen molar-refractivity contribution in [2.45, 2.75) is 45.6 Å². The van der Waals surface area contributed by atoms with E-state index in [1.165, 1.54) is 26.4 Å². The van der Waals surface area contributed by atoms with Crippen LogP contribution in [-0.4, -0.2) is 18.1 Å². The third-order valence-corrected chi connectivity index (χ3v) is 4.42. The Kier molecular flexibility index (Phi) is 5.04. The summed E-state index contributed by atoms with van der Waals surface area (Å²) in [5, 5.41) is 14.8. The van der Waals surface area contributed by atoms with Gasteiger partial charge in [-0.05, 0) is 36.8 Å². The van der Waals surface area contributed by atoms with Gasteiger partial charge in [0.15, 0.2) is 5.75 Å². The number of nitrogens with one attached hydrogen (secondary N) is 1. The second-order valence-corrected chi connectivity index (χ2v) is 6.06. The minimum absolute atomic E-state index is 0.0353.